The quantitative estimate of drug-likeness (QED) is 0.402. The van der Waals surface area contributed by atoms with Gasteiger partial charge in [0.25, 0.3) is 5.56 Å². The summed E-state index contributed by atoms with van der Waals surface area (Å²) in [5.74, 6) is 0.363. The van der Waals surface area contributed by atoms with Gasteiger partial charge in [-0.3, -0.25) is 14.3 Å². The Bertz CT molecular complexity index is 1190. The van der Waals surface area contributed by atoms with Crippen molar-refractivity contribution in [2.45, 2.75) is 56.9 Å². The molecule has 2 aromatic carbocycles. The monoisotopic (exact) mass is 463 g/mol. The summed E-state index contributed by atoms with van der Waals surface area (Å²) in [6.45, 7) is 3.68. The van der Waals surface area contributed by atoms with Crippen molar-refractivity contribution in [2.75, 3.05) is 13.2 Å². The van der Waals surface area contributed by atoms with Crippen LogP contribution < -0.4 is 16.6 Å². The topological polar surface area (TPSA) is 96.4 Å². The molecule has 34 heavy (non-hydrogen) atoms. The molecule has 0 radical (unpaired) electrons. The summed E-state index contributed by atoms with van der Waals surface area (Å²) in [6.07, 6.45) is 5.09. The first-order chi connectivity index (χ1) is 16.5. The molecule has 4 rings (SSSR count). The lowest BCUT2D eigenvalue weighted by Gasteiger charge is -2.44. The number of H-pyrrole nitrogens is 1. The highest BCUT2D eigenvalue weighted by molar-refractivity contribution is 5.46. The van der Waals surface area contributed by atoms with Crippen molar-refractivity contribution in [3.8, 4) is 0 Å². The van der Waals surface area contributed by atoms with Crippen molar-refractivity contribution in [1.82, 2.24) is 14.9 Å². The Kier molecular flexibility index (Phi) is 7.77. The van der Waals surface area contributed by atoms with Gasteiger partial charge in [-0.2, -0.15) is 0 Å². The summed E-state index contributed by atoms with van der Waals surface area (Å²) >= 11 is 0. The fraction of sp³-hybridized carbons (Fsp3) is 0.407. The van der Waals surface area contributed by atoms with Crippen LogP contribution in [-0.4, -0.2) is 33.9 Å². The second-order valence-electron chi connectivity index (χ2n) is 9.04. The molecule has 0 saturated carbocycles. The third-order valence-electron chi connectivity index (χ3n) is 6.69. The number of aromatic amines is 1. The number of rotatable bonds is 10. The third-order valence-corrected chi connectivity index (χ3v) is 6.69. The first kappa shape index (κ1) is 24.1. The van der Waals surface area contributed by atoms with Crippen LogP contribution in [0.2, 0.25) is 0 Å². The molecule has 0 bridgehead atoms. The minimum atomic E-state index is -1.07. The van der Waals surface area contributed by atoms with Crippen LogP contribution in [0.5, 0.6) is 0 Å². The molecule has 180 valence electrons. The zero-order valence-electron chi connectivity index (χ0n) is 19.6. The SMILES string of the molecule is CC1C[C@@H](NCCCCCOCn2ccc(=O)[nH]c2=O)C(O)(c2ccccc2)c2ccccc21. The van der Waals surface area contributed by atoms with Crippen molar-refractivity contribution in [3.63, 3.8) is 0 Å². The number of nitrogens with zero attached hydrogens (tertiary/aromatic N) is 1. The molecule has 0 fully saturated rings. The molecule has 0 amide bonds. The van der Waals surface area contributed by atoms with E-state index in [0.29, 0.717) is 12.5 Å². The summed E-state index contributed by atoms with van der Waals surface area (Å²) in [5.41, 5.74) is 1.17. The maximum atomic E-state index is 12.1. The van der Waals surface area contributed by atoms with Gasteiger partial charge in [-0.1, -0.05) is 61.5 Å². The fourth-order valence-corrected chi connectivity index (χ4v) is 4.88. The number of aliphatic hydroxyl groups is 1. The van der Waals surface area contributed by atoms with Gasteiger partial charge in [0.15, 0.2) is 0 Å². The van der Waals surface area contributed by atoms with Crippen LogP contribution in [0.4, 0.5) is 0 Å². The van der Waals surface area contributed by atoms with Gasteiger partial charge in [-0.25, -0.2) is 4.79 Å². The highest BCUT2D eigenvalue weighted by atomic mass is 16.5. The molecule has 0 aliphatic heterocycles. The average Bonchev–Trinajstić information content (AvgIpc) is 2.85. The molecule has 3 atom stereocenters. The van der Waals surface area contributed by atoms with E-state index in [2.05, 4.69) is 29.4 Å². The Labute approximate surface area is 199 Å². The predicted molar refractivity (Wildman–Crippen MR) is 132 cm³/mol. The third kappa shape index (κ3) is 5.22. The van der Waals surface area contributed by atoms with Gasteiger partial charge in [0.2, 0.25) is 0 Å². The van der Waals surface area contributed by atoms with Crippen molar-refractivity contribution >= 4 is 0 Å². The van der Waals surface area contributed by atoms with Crippen molar-refractivity contribution in [3.05, 3.63) is 104 Å². The first-order valence-corrected chi connectivity index (χ1v) is 12.0. The molecular formula is C27H33N3O4. The van der Waals surface area contributed by atoms with Crippen LogP contribution in [0.1, 0.15) is 55.2 Å². The standard InChI is InChI=1S/C27H33N3O4/c1-20-18-24(27(33,21-10-4-2-5-11-21)23-13-7-6-12-22(20)23)28-15-8-3-9-17-34-19-30-16-14-25(31)29-26(30)32/h2,4-7,10-14,16,20,24,28,33H,3,8-9,15,17-19H2,1H3,(H,29,31,32)/t20?,24-,27?/m1/s1. The molecule has 3 aromatic rings. The fourth-order valence-electron chi connectivity index (χ4n) is 4.88. The Morgan fingerprint density at radius 2 is 1.82 bits per heavy atom. The summed E-state index contributed by atoms with van der Waals surface area (Å²) < 4.78 is 6.89. The minimum Gasteiger partial charge on any atom is -0.379 e. The van der Waals surface area contributed by atoms with E-state index in [0.717, 1.165) is 43.4 Å². The largest absolute Gasteiger partial charge is 0.379 e. The molecular weight excluding hydrogens is 430 g/mol. The van der Waals surface area contributed by atoms with Crippen LogP contribution in [0, 0.1) is 0 Å². The molecule has 3 N–H and O–H groups in total. The smallest absolute Gasteiger partial charge is 0.330 e. The van der Waals surface area contributed by atoms with E-state index in [1.54, 1.807) is 0 Å². The molecule has 1 aliphatic rings. The zero-order valence-corrected chi connectivity index (χ0v) is 19.6. The summed E-state index contributed by atoms with van der Waals surface area (Å²) in [7, 11) is 0. The lowest BCUT2D eigenvalue weighted by molar-refractivity contribution is 0.0219. The molecule has 1 heterocycles. The first-order valence-electron chi connectivity index (χ1n) is 12.0. The van der Waals surface area contributed by atoms with Crippen LogP contribution >= 0.6 is 0 Å². The molecule has 7 heteroatoms. The van der Waals surface area contributed by atoms with Crippen LogP contribution in [-0.2, 0) is 17.1 Å². The summed E-state index contributed by atoms with van der Waals surface area (Å²) in [6, 6.07) is 19.4. The number of ether oxygens (including phenoxy) is 1. The average molecular weight is 464 g/mol. The van der Waals surface area contributed by atoms with Gasteiger partial charge >= 0.3 is 5.69 Å². The zero-order chi connectivity index (χ0) is 24.0. The molecule has 0 saturated heterocycles. The van der Waals surface area contributed by atoms with Gasteiger partial charge in [-0.05, 0) is 54.8 Å². The van der Waals surface area contributed by atoms with Gasteiger partial charge < -0.3 is 15.2 Å². The van der Waals surface area contributed by atoms with E-state index >= 15 is 0 Å². The molecule has 7 nitrogen and oxygen atoms in total. The van der Waals surface area contributed by atoms with Crippen LogP contribution in [0.15, 0.2) is 76.4 Å². The van der Waals surface area contributed by atoms with Crippen molar-refractivity contribution < 1.29 is 9.84 Å². The predicted octanol–water partition coefficient (Wildman–Crippen LogP) is 3.08. The molecule has 1 aliphatic carbocycles. The van der Waals surface area contributed by atoms with E-state index in [1.165, 1.54) is 22.4 Å². The van der Waals surface area contributed by atoms with E-state index < -0.39 is 16.9 Å². The van der Waals surface area contributed by atoms with Gasteiger partial charge in [0.1, 0.15) is 12.3 Å². The van der Waals surface area contributed by atoms with E-state index in [4.69, 9.17) is 4.74 Å². The second kappa shape index (κ2) is 11.0. The van der Waals surface area contributed by atoms with E-state index in [1.807, 2.05) is 42.5 Å². The summed E-state index contributed by atoms with van der Waals surface area (Å²) in [5, 5.41) is 15.7. The van der Waals surface area contributed by atoms with E-state index in [-0.39, 0.29) is 12.8 Å². The minimum absolute atomic E-state index is 0.0804. The number of unbranched alkanes of at least 4 members (excludes halogenated alkanes) is 2. The van der Waals surface area contributed by atoms with Gasteiger partial charge in [0, 0.05) is 24.9 Å². The Hall–Kier alpha value is -3.00. The highest BCUT2D eigenvalue weighted by Crippen LogP contribution is 2.45. The number of nitrogens with one attached hydrogen (secondary N) is 2. The van der Waals surface area contributed by atoms with Gasteiger partial charge in [0.05, 0.1) is 0 Å². The second-order valence-corrected chi connectivity index (χ2v) is 9.04. The van der Waals surface area contributed by atoms with Crippen molar-refractivity contribution in [1.29, 1.82) is 0 Å². The maximum Gasteiger partial charge on any atom is 0.330 e. The van der Waals surface area contributed by atoms with Crippen molar-refractivity contribution in [2.24, 2.45) is 0 Å². The van der Waals surface area contributed by atoms with E-state index in [9.17, 15) is 14.7 Å². The highest BCUT2D eigenvalue weighted by Gasteiger charge is 2.45. The Morgan fingerprint density at radius 1 is 1.06 bits per heavy atom. The van der Waals surface area contributed by atoms with Crippen LogP contribution in [0.25, 0.3) is 0 Å². The lowest BCUT2D eigenvalue weighted by Crippen LogP contribution is -2.53. The van der Waals surface area contributed by atoms with Gasteiger partial charge in [-0.15, -0.1) is 0 Å². The number of aromatic nitrogens is 2. The van der Waals surface area contributed by atoms with Crippen LogP contribution in [0.3, 0.4) is 0 Å². The molecule has 0 spiro atoms. The number of benzene rings is 2. The normalized spacial score (nSPS) is 21.8. The maximum absolute atomic E-state index is 12.1. The number of hydrogen-bond acceptors (Lipinski definition) is 5. The molecule has 2 unspecified atom stereocenters. The molecule has 1 aromatic heterocycles. The Balaban J connectivity index is 1.30. The lowest BCUT2D eigenvalue weighted by atomic mass is 9.68. The Morgan fingerprint density at radius 3 is 2.62 bits per heavy atom. The summed E-state index contributed by atoms with van der Waals surface area (Å²) in [4.78, 5) is 25.0. The number of fused-ring (bicyclic) bond motifs is 1. The number of hydrogen-bond donors (Lipinski definition) is 3.